The predicted molar refractivity (Wildman–Crippen MR) is 116 cm³/mol. The number of anilines is 3. The van der Waals surface area contributed by atoms with E-state index < -0.39 is 6.10 Å². The van der Waals surface area contributed by atoms with Gasteiger partial charge in [-0.1, -0.05) is 18.2 Å². The Morgan fingerprint density at radius 3 is 2.45 bits per heavy atom. The van der Waals surface area contributed by atoms with E-state index in [1.807, 2.05) is 54.6 Å². The highest BCUT2D eigenvalue weighted by Crippen LogP contribution is 2.19. The van der Waals surface area contributed by atoms with E-state index in [9.17, 15) is 4.79 Å². The molecule has 1 aromatic heterocycles. The van der Waals surface area contributed by atoms with E-state index in [0.717, 1.165) is 11.4 Å². The molecule has 0 saturated heterocycles. The number of aromatic nitrogens is 3. The lowest BCUT2D eigenvalue weighted by Crippen LogP contribution is -2.15. The smallest absolute Gasteiger partial charge is 0.306 e. The minimum atomic E-state index is -0.670. The van der Waals surface area contributed by atoms with E-state index in [1.54, 1.807) is 14.0 Å². The third kappa shape index (κ3) is 6.84. The third-order valence-corrected chi connectivity index (χ3v) is 4.23. The highest BCUT2D eigenvalue weighted by atomic mass is 16.5. The Balaban J connectivity index is 1.47. The molecular weight excluding hydrogens is 398 g/mol. The first-order valence-corrected chi connectivity index (χ1v) is 9.83. The van der Waals surface area contributed by atoms with Gasteiger partial charge in [-0.2, -0.15) is 15.0 Å². The zero-order valence-corrected chi connectivity index (χ0v) is 17.4. The monoisotopic (exact) mass is 423 g/mol. The summed E-state index contributed by atoms with van der Waals surface area (Å²) in [6, 6.07) is 16.7. The van der Waals surface area contributed by atoms with Crippen molar-refractivity contribution in [2.45, 2.75) is 25.9 Å². The maximum atomic E-state index is 12.2. The van der Waals surface area contributed by atoms with E-state index in [1.165, 1.54) is 0 Å². The van der Waals surface area contributed by atoms with Crippen LogP contribution in [0.1, 0.15) is 31.7 Å². The van der Waals surface area contributed by atoms with Crippen molar-refractivity contribution in [3.8, 4) is 11.5 Å². The Hall–Kier alpha value is -3.88. The molecule has 0 saturated carbocycles. The number of nitrogens with one attached hydrogen (secondary N) is 1. The molecule has 0 radical (unpaired) electrons. The van der Waals surface area contributed by atoms with Gasteiger partial charge in [-0.15, -0.1) is 0 Å². The minimum Gasteiger partial charge on any atom is -0.497 e. The normalized spacial score (nSPS) is 11.4. The number of methoxy groups -OCH3 is 1. The van der Waals surface area contributed by atoms with Gasteiger partial charge in [-0.25, -0.2) is 0 Å². The molecule has 9 nitrogen and oxygen atoms in total. The van der Waals surface area contributed by atoms with Gasteiger partial charge in [0, 0.05) is 12.1 Å². The van der Waals surface area contributed by atoms with E-state index in [-0.39, 0.29) is 30.1 Å². The molecule has 0 amide bonds. The summed E-state index contributed by atoms with van der Waals surface area (Å²) in [7, 11) is 1.61. The highest BCUT2D eigenvalue weighted by Gasteiger charge is 2.17. The van der Waals surface area contributed by atoms with Gasteiger partial charge in [-0.05, 0) is 49.7 Å². The summed E-state index contributed by atoms with van der Waals surface area (Å²) in [5.74, 6) is 1.69. The molecular formula is C22H25N5O4. The molecule has 1 heterocycles. The molecule has 0 fully saturated rings. The van der Waals surface area contributed by atoms with Gasteiger partial charge in [0.1, 0.15) is 11.5 Å². The number of hydrogen-bond acceptors (Lipinski definition) is 9. The summed E-state index contributed by atoms with van der Waals surface area (Å²) in [5.41, 5.74) is 6.59. The second kappa shape index (κ2) is 10.8. The molecule has 2 aromatic carbocycles. The fourth-order valence-corrected chi connectivity index (χ4v) is 2.68. The first-order valence-electron chi connectivity index (χ1n) is 9.83. The summed E-state index contributed by atoms with van der Waals surface area (Å²) >= 11 is 0. The molecule has 0 aliphatic rings. The quantitative estimate of drug-likeness (QED) is 0.371. The summed E-state index contributed by atoms with van der Waals surface area (Å²) in [4.78, 5) is 24.6. The Morgan fingerprint density at radius 2 is 1.74 bits per heavy atom. The van der Waals surface area contributed by atoms with Crippen molar-refractivity contribution in [2.75, 3.05) is 24.8 Å². The van der Waals surface area contributed by atoms with Gasteiger partial charge < -0.3 is 25.3 Å². The van der Waals surface area contributed by atoms with E-state index in [4.69, 9.17) is 19.9 Å². The molecule has 3 aromatic rings. The van der Waals surface area contributed by atoms with Crippen LogP contribution in [0.3, 0.4) is 0 Å². The van der Waals surface area contributed by atoms with Crippen molar-refractivity contribution in [3.05, 3.63) is 60.4 Å². The second-order valence-electron chi connectivity index (χ2n) is 6.63. The van der Waals surface area contributed by atoms with Gasteiger partial charge in [0.25, 0.3) is 0 Å². The Labute approximate surface area is 180 Å². The standard InChI is InChI=1S/C22H25N5O4/c1-15(20-25-21(23)27-22(26-20)24-16-7-4-3-5-8-16)31-19(28)9-6-14-30-18-12-10-17(29-2)11-13-18/h3-5,7-8,10-13,15H,6,9,14H2,1-2H3,(H3,23,24,25,26,27)/t15-/m0/s1. The van der Waals surface area contributed by atoms with Crippen LogP contribution in [-0.2, 0) is 9.53 Å². The number of carbonyl (C=O) groups excluding carboxylic acids is 1. The number of ether oxygens (including phenoxy) is 3. The van der Waals surface area contributed by atoms with E-state index in [0.29, 0.717) is 18.8 Å². The van der Waals surface area contributed by atoms with Crippen molar-refractivity contribution in [2.24, 2.45) is 0 Å². The van der Waals surface area contributed by atoms with Crippen LogP contribution in [0.4, 0.5) is 17.6 Å². The zero-order valence-electron chi connectivity index (χ0n) is 17.4. The van der Waals surface area contributed by atoms with Crippen LogP contribution in [-0.4, -0.2) is 34.6 Å². The van der Waals surface area contributed by atoms with Crippen LogP contribution in [0.15, 0.2) is 54.6 Å². The number of nitrogens with two attached hydrogens (primary N) is 1. The molecule has 0 bridgehead atoms. The maximum Gasteiger partial charge on any atom is 0.306 e. The zero-order chi connectivity index (χ0) is 22.1. The van der Waals surface area contributed by atoms with Gasteiger partial charge in [-0.3, -0.25) is 4.79 Å². The summed E-state index contributed by atoms with van der Waals surface area (Å²) in [6.45, 7) is 2.08. The van der Waals surface area contributed by atoms with Crippen LogP contribution in [0.25, 0.3) is 0 Å². The second-order valence-corrected chi connectivity index (χ2v) is 6.63. The first-order chi connectivity index (χ1) is 15.0. The number of nitrogens with zero attached hydrogens (tertiary/aromatic N) is 3. The van der Waals surface area contributed by atoms with Gasteiger partial charge in [0.05, 0.1) is 13.7 Å². The molecule has 3 N–H and O–H groups in total. The lowest BCUT2D eigenvalue weighted by Gasteiger charge is -2.14. The molecule has 162 valence electrons. The molecule has 0 aliphatic carbocycles. The molecule has 0 aliphatic heterocycles. The van der Waals surface area contributed by atoms with Crippen LogP contribution in [0.5, 0.6) is 11.5 Å². The molecule has 0 unspecified atom stereocenters. The minimum absolute atomic E-state index is 0.0409. The fraction of sp³-hybridized carbons (Fsp3) is 0.273. The molecule has 3 rings (SSSR count). The summed E-state index contributed by atoms with van der Waals surface area (Å²) < 4.78 is 16.1. The number of carbonyl (C=O) groups is 1. The van der Waals surface area contributed by atoms with Gasteiger partial charge in [0.2, 0.25) is 11.9 Å². The number of para-hydroxylation sites is 1. The Kier molecular flexibility index (Phi) is 7.58. The maximum absolute atomic E-state index is 12.2. The predicted octanol–water partition coefficient (Wildman–Crippen LogP) is 3.67. The average Bonchev–Trinajstić information content (AvgIpc) is 2.77. The van der Waals surface area contributed by atoms with Crippen molar-refractivity contribution < 1.29 is 19.0 Å². The van der Waals surface area contributed by atoms with Gasteiger partial charge >= 0.3 is 5.97 Å². The molecule has 9 heteroatoms. The lowest BCUT2D eigenvalue weighted by atomic mass is 10.3. The van der Waals surface area contributed by atoms with E-state index >= 15 is 0 Å². The number of nitrogen functional groups attached to an aromatic ring is 1. The summed E-state index contributed by atoms with van der Waals surface area (Å²) in [6.07, 6.45) is 0.0464. The largest absolute Gasteiger partial charge is 0.497 e. The molecule has 0 spiro atoms. The van der Waals surface area contributed by atoms with Crippen molar-refractivity contribution in [1.82, 2.24) is 15.0 Å². The number of benzene rings is 2. The van der Waals surface area contributed by atoms with Gasteiger partial charge in [0.15, 0.2) is 11.9 Å². The van der Waals surface area contributed by atoms with Crippen molar-refractivity contribution in [1.29, 1.82) is 0 Å². The lowest BCUT2D eigenvalue weighted by molar-refractivity contribution is -0.149. The molecule has 1 atom stereocenters. The number of hydrogen-bond donors (Lipinski definition) is 2. The summed E-state index contributed by atoms with van der Waals surface area (Å²) in [5, 5.41) is 3.05. The van der Waals surface area contributed by atoms with Crippen LogP contribution < -0.4 is 20.5 Å². The van der Waals surface area contributed by atoms with Crippen LogP contribution in [0.2, 0.25) is 0 Å². The van der Waals surface area contributed by atoms with Crippen molar-refractivity contribution >= 4 is 23.6 Å². The van der Waals surface area contributed by atoms with Crippen LogP contribution >= 0.6 is 0 Å². The van der Waals surface area contributed by atoms with Crippen LogP contribution in [0, 0.1) is 0 Å². The Bertz CT molecular complexity index is 983. The average molecular weight is 423 g/mol. The highest BCUT2D eigenvalue weighted by molar-refractivity contribution is 5.69. The topological polar surface area (TPSA) is 121 Å². The number of rotatable bonds is 10. The first kappa shape index (κ1) is 21.8. The number of esters is 1. The van der Waals surface area contributed by atoms with E-state index in [2.05, 4.69) is 20.3 Å². The fourth-order valence-electron chi connectivity index (χ4n) is 2.68. The SMILES string of the molecule is COc1ccc(OCCCC(=O)O[C@@H](C)c2nc(N)nc(Nc3ccccc3)n2)cc1. The molecule has 31 heavy (non-hydrogen) atoms. The Morgan fingerprint density at radius 1 is 1.03 bits per heavy atom. The third-order valence-electron chi connectivity index (χ3n) is 4.23. The van der Waals surface area contributed by atoms with Crippen molar-refractivity contribution in [3.63, 3.8) is 0 Å².